The number of hydrogen-bond acceptors (Lipinski definition) is 3. The van der Waals surface area contributed by atoms with Crippen LogP contribution in [0.2, 0.25) is 0 Å². The average Bonchev–Trinajstić information content (AvgIpc) is 3.54. The van der Waals surface area contributed by atoms with Gasteiger partial charge < -0.3 is 14.5 Å². The summed E-state index contributed by atoms with van der Waals surface area (Å²) < 4.78 is 6.00. The molecule has 2 fully saturated rings. The van der Waals surface area contributed by atoms with Crippen molar-refractivity contribution in [3.63, 3.8) is 0 Å². The Morgan fingerprint density at radius 1 is 0.906 bits per heavy atom. The van der Waals surface area contributed by atoms with Crippen LogP contribution >= 0.6 is 0 Å². The molecule has 168 valence electrons. The van der Waals surface area contributed by atoms with Crippen LogP contribution in [0.5, 0.6) is 5.75 Å². The molecule has 0 unspecified atom stereocenters. The van der Waals surface area contributed by atoms with Gasteiger partial charge in [-0.1, -0.05) is 60.7 Å². The van der Waals surface area contributed by atoms with Crippen LogP contribution in [-0.4, -0.2) is 53.9 Å². The SMILES string of the molecule is O=C([C@@H]1CCCN1C(=O)CCCOc1ccccc1/C=C/c1ccccc1)N1CCCC1. The zero-order valence-electron chi connectivity index (χ0n) is 18.6. The molecule has 0 radical (unpaired) electrons. The lowest BCUT2D eigenvalue weighted by atomic mass is 10.1. The number of para-hydroxylation sites is 1. The predicted molar refractivity (Wildman–Crippen MR) is 127 cm³/mol. The van der Waals surface area contributed by atoms with Gasteiger partial charge in [0.15, 0.2) is 0 Å². The van der Waals surface area contributed by atoms with Crippen LogP contribution in [0.15, 0.2) is 54.6 Å². The highest BCUT2D eigenvalue weighted by atomic mass is 16.5. The van der Waals surface area contributed by atoms with E-state index in [0.29, 0.717) is 26.0 Å². The average molecular weight is 433 g/mol. The number of carbonyl (C=O) groups is 2. The van der Waals surface area contributed by atoms with E-state index in [1.165, 1.54) is 0 Å². The van der Waals surface area contributed by atoms with Crippen LogP contribution in [0.4, 0.5) is 0 Å². The molecular formula is C27H32N2O3. The summed E-state index contributed by atoms with van der Waals surface area (Å²) in [5.41, 5.74) is 2.15. The summed E-state index contributed by atoms with van der Waals surface area (Å²) in [7, 11) is 0. The van der Waals surface area contributed by atoms with E-state index >= 15 is 0 Å². The maximum atomic E-state index is 12.8. The lowest BCUT2D eigenvalue weighted by Gasteiger charge is -2.27. The Labute approximate surface area is 190 Å². The number of nitrogens with zero attached hydrogens (tertiary/aromatic N) is 2. The fourth-order valence-electron chi connectivity index (χ4n) is 4.52. The molecule has 2 aliphatic rings. The first-order valence-corrected chi connectivity index (χ1v) is 11.8. The molecule has 1 atom stereocenters. The van der Waals surface area contributed by atoms with Gasteiger partial charge in [-0.2, -0.15) is 0 Å². The maximum Gasteiger partial charge on any atom is 0.245 e. The highest BCUT2D eigenvalue weighted by Crippen LogP contribution is 2.24. The monoisotopic (exact) mass is 432 g/mol. The van der Waals surface area contributed by atoms with Gasteiger partial charge >= 0.3 is 0 Å². The smallest absolute Gasteiger partial charge is 0.245 e. The van der Waals surface area contributed by atoms with E-state index in [0.717, 1.165) is 55.6 Å². The zero-order valence-corrected chi connectivity index (χ0v) is 18.6. The van der Waals surface area contributed by atoms with E-state index in [2.05, 4.69) is 24.3 Å². The van der Waals surface area contributed by atoms with Gasteiger partial charge in [0.05, 0.1) is 6.61 Å². The number of likely N-dealkylation sites (tertiary alicyclic amines) is 2. The first-order valence-electron chi connectivity index (χ1n) is 11.8. The standard InChI is InChI=1S/C27H32N2O3/c30-26(29-20-8-13-24(29)27(31)28-18-6-7-19-28)15-9-21-32-25-14-5-4-12-23(25)17-16-22-10-2-1-3-11-22/h1-5,10-12,14,16-17,24H,6-9,13,15,18-21H2/b17-16+/t24-/m0/s1. The molecule has 0 aromatic heterocycles. The summed E-state index contributed by atoms with van der Waals surface area (Å²) in [5.74, 6) is 1.03. The summed E-state index contributed by atoms with van der Waals surface area (Å²) in [6.45, 7) is 2.84. The molecular weight excluding hydrogens is 400 g/mol. The maximum absolute atomic E-state index is 12.8. The van der Waals surface area contributed by atoms with E-state index in [-0.39, 0.29) is 17.9 Å². The van der Waals surface area contributed by atoms with Crippen LogP contribution in [0.3, 0.4) is 0 Å². The summed E-state index contributed by atoms with van der Waals surface area (Å²) >= 11 is 0. The Morgan fingerprint density at radius 2 is 1.66 bits per heavy atom. The second-order valence-electron chi connectivity index (χ2n) is 8.51. The Bertz CT molecular complexity index is 935. The molecule has 0 saturated carbocycles. The van der Waals surface area contributed by atoms with Crippen molar-refractivity contribution in [2.24, 2.45) is 0 Å². The molecule has 0 spiro atoms. The minimum Gasteiger partial charge on any atom is -0.493 e. The van der Waals surface area contributed by atoms with Crippen molar-refractivity contribution in [2.45, 2.75) is 44.6 Å². The molecule has 0 aliphatic carbocycles. The van der Waals surface area contributed by atoms with E-state index < -0.39 is 0 Å². The van der Waals surface area contributed by atoms with Crippen molar-refractivity contribution in [1.82, 2.24) is 9.80 Å². The van der Waals surface area contributed by atoms with E-state index in [1.807, 2.05) is 47.4 Å². The lowest BCUT2D eigenvalue weighted by molar-refractivity contribution is -0.143. The molecule has 2 saturated heterocycles. The van der Waals surface area contributed by atoms with Crippen molar-refractivity contribution in [3.8, 4) is 5.75 Å². The molecule has 5 nitrogen and oxygen atoms in total. The molecule has 0 bridgehead atoms. The fraction of sp³-hybridized carbons (Fsp3) is 0.407. The normalized spacial score (nSPS) is 18.4. The Balaban J connectivity index is 1.27. The minimum absolute atomic E-state index is 0.0703. The predicted octanol–water partition coefficient (Wildman–Crippen LogP) is 4.63. The quantitative estimate of drug-likeness (QED) is 0.451. The summed E-state index contributed by atoms with van der Waals surface area (Å²) in [4.78, 5) is 29.3. The summed E-state index contributed by atoms with van der Waals surface area (Å²) in [5, 5.41) is 0. The number of benzene rings is 2. The molecule has 4 rings (SSSR count). The van der Waals surface area contributed by atoms with Crippen molar-refractivity contribution in [3.05, 3.63) is 65.7 Å². The van der Waals surface area contributed by atoms with Crippen LogP contribution in [0.25, 0.3) is 12.2 Å². The molecule has 32 heavy (non-hydrogen) atoms. The fourth-order valence-corrected chi connectivity index (χ4v) is 4.52. The van der Waals surface area contributed by atoms with E-state index in [9.17, 15) is 9.59 Å². The van der Waals surface area contributed by atoms with Crippen LogP contribution in [-0.2, 0) is 9.59 Å². The number of hydrogen-bond donors (Lipinski definition) is 0. The first-order chi connectivity index (χ1) is 15.7. The van der Waals surface area contributed by atoms with Crippen molar-refractivity contribution >= 4 is 24.0 Å². The number of amides is 2. The molecule has 0 N–H and O–H groups in total. The first kappa shape index (κ1) is 22.1. The van der Waals surface area contributed by atoms with Crippen molar-refractivity contribution in [2.75, 3.05) is 26.2 Å². The third kappa shape index (κ3) is 5.58. The number of ether oxygens (including phenoxy) is 1. The number of carbonyl (C=O) groups excluding carboxylic acids is 2. The van der Waals surface area contributed by atoms with Gasteiger partial charge in [-0.25, -0.2) is 0 Å². The van der Waals surface area contributed by atoms with Crippen LogP contribution < -0.4 is 4.74 Å². The summed E-state index contributed by atoms with van der Waals surface area (Å²) in [6, 6.07) is 17.8. The van der Waals surface area contributed by atoms with Gasteiger partial charge in [-0.3, -0.25) is 9.59 Å². The van der Waals surface area contributed by atoms with Crippen molar-refractivity contribution < 1.29 is 14.3 Å². The van der Waals surface area contributed by atoms with Crippen molar-refractivity contribution in [1.29, 1.82) is 0 Å². The largest absolute Gasteiger partial charge is 0.493 e. The van der Waals surface area contributed by atoms with Gasteiger partial charge in [0.2, 0.25) is 11.8 Å². The second kappa shape index (κ2) is 11.0. The highest BCUT2D eigenvalue weighted by Gasteiger charge is 2.36. The summed E-state index contributed by atoms with van der Waals surface area (Å²) in [6.07, 6.45) is 9.01. The molecule has 2 aromatic carbocycles. The van der Waals surface area contributed by atoms with E-state index in [4.69, 9.17) is 4.74 Å². The molecule has 2 heterocycles. The molecule has 2 aliphatic heterocycles. The Morgan fingerprint density at radius 3 is 2.47 bits per heavy atom. The lowest BCUT2D eigenvalue weighted by Crippen LogP contribution is -2.46. The topological polar surface area (TPSA) is 49.9 Å². The molecule has 2 aromatic rings. The third-order valence-corrected chi connectivity index (χ3v) is 6.24. The highest BCUT2D eigenvalue weighted by molar-refractivity contribution is 5.88. The second-order valence-corrected chi connectivity index (χ2v) is 8.51. The molecule has 5 heteroatoms. The number of rotatable bonds is 8. The van der Waals surface area contributed by atoms with Gasteiger partial charge in [-0.15, -0.1) is 0 Å². The third-order valence-electron chi connectivity index (χ3n) is 6.24. The van der Waals surface area contributed by atoms with Gasteiger partial charge in [0.25, 0.3) is 0 Å². The van der Waals surface area contributed by atoms with Crippen LogP contribution in [0.1, 0.15) is 49.7 Å². The Hall–Kier alpha value is -3.08. The Kier molecular flexibility index (Phi) is 7.59. The van der Waals surface area contributed by atoms with Crippen LogP contribution in [0, 0.1) is 0 Å². The van der Waals surface area contributed by atoms with Gasteiger partial charge in [-0.05, 0) is 43.7 Å². The zero-order chi connectivity index (χ0) is 22.2. The van der Waals surface area contributed by atoms with Gasteiger partial charge in [0, 0.05) is 31.6 Å². The minimum atomic E-state index is -0.259. The van der Waals surface area contributed by atoms with E-state index in [1.54, 1.807) is 4.90 Å². The van der Waals surface area contributed by atoms with Gasteiger partial charge in [0.1, 0.15) is 11.8 Å². The molecule has 2 amide bonds.